The van der Waals surface area contributed by atoms with E-state index in [1.165, 1.54) is 28.5 Å². The summed E-state index contributed by atoms with van der Waals surface area (Å²) in [5, 5.41) is 17.6. The van der Waals surface area contributed by atoms with Crippen molar-refractivity contribution in [2.24, 2.45) is 0 Å². The minimum Gasteiger partial charge on any atom is -0.506 e. The number of H-pyrrole nitrogens is 1. The first-order valence-corrected chi connectivity index (χ1v) is 22.8. The van der Waals surface area contributed by atoms with Crippen LogP contribution in [-0.2, 0) is 22.1 Å². The number of phenols is 1. The number of aromatic nitrogens is 2. The zero-order valence-electron chi connectivity index (χ0n) is 32.5. The lowest BCUT2D eigenvalue weighted by atomic mass is 9.89. The van der Waals surface area contributed by atoms with Crippen LogP contribution in [0.15, 0.2) is 58.7 Å². The molecule has 2 aliphatic rings. The van der Waals surface area contributed by atoms with Gasteiger partial charge in [0.25, 0.3) is 5.91 Å². The Morgan fingerprint density at radius 3 is 2.58 bits per heavy atom. The van der Waals surface area contributed by atoms with Crippen molar-refractivity contribution in [1.29, 1.82) is 0 Å². The molecule has 2 aliphatic heterocycles. The minimum atomic E-state index is -2.16. The number of rotatable bonds is 12. The molecule has 2 saturated heterocycles. The van der Waals surface area contributed by atoms with Gasteiger partial charge in [-0.15, -0.1) is 11.3 Å². The molecule has 0 saturated carbocycles. The van der Waals surface area contributed by atoms with Gasteiger partial charge in [-0.25, -0.2) is 4.98 Å². The molecule has 0 unspecified atom stereocenters. The summed E-state index contributed by atoms with van der Waals surface area (Å²) in [6.45, 7) is 21.4. The molecule has 4 heterocycles. The number of phenolic OH excluding ortho intramolecular Hbond substituents is 1. The second kappa shape index (κ2) is 16.1. The van der Waals surface area contributed by atoms with Crippen LogP contribution < -0.4 is 10.9 Å². The highest BCUT2D eigenvalue weighted by molar-refractivity contribution is 7.11. The molecular formula is C41H57N5O5SSi. The molecule has 2 fully saturated rings. The number of fused-ring (bicyclic) bond motifs is 1. The lowest BCUT2D eigenvalue weighted by Gasteiger charge is -2.47. The number of morpholine rings is 1. The highest BCUT2D eigenvalue weighted by atomic mass is 32.1. The maximum atomic E-state index is 13.3. The zero-order chi connectivity index (χ0) is 38.0. The molecular weight excluding hydrogens is 703 g/mol. The van der Waals surface area contributed by atoms with Gasteiger partial charge in [0, 0.05) is 49.6 Å². The second-order valence-electron chi connectivity index (χ2n) is 16.7. The number of likely N-dealkylation sites (tertiary alicyclic amines) is 1. The number of aromatic hydroxyl groups is 1. The van der Waals surface area contributed by atoms with Crippen molar-refractivity contribution in [2.75, 3.05) is 45.9 Å². The van der Waals surface area contributed by atoms with Crippen molar-refractivity contribution in [3.63, 3.8) is 0 Å². The van der Waals surface area contributed by atoms with Crippen LogP contribution in [0.2, 0.25) is 18.1 Å². The fourth-order valence-corrected chi connectivity index (χ4v) is 9.34. The van der Waals surface area contributed by atoms with E-state index >= 15 is 0 Å². The standard InChI is InChI=1S/C41H57N5O5SSi/c1-28(2)33-26-52-38(43-33)39(49)46-21-22-50-41(27-46)16-19-45(20-17-41)25-30-10-8-9-29(23-30)15-18-42-24-35(51-53(6,7)40(3,4)5)31-11-13-34(47)37-32(31)12-14-36(48)44-37/h8-14,23,26,28,35,42,47H,15-22,24-25,27H2,1-7H3,(H,44,48)/t35-/m0/s1. The van der Waals surface area contributed by atoms with Crippen LogP contribution in [0.25, 0.3) is 10.9 Å². The topological polar surface area (TPSA) is 120 Å². The number of hydrogen-bond donors (Lipinski definition) is 3. The Morgan fingerprint density at radius 2 is 1.87 bits per heavy atom. The number of piperidine rings is 1. The Kier molecular flexibility index (Phi) is 12.0. The van der Waals surface area contributed by atoms with Crippen LogP contribution in [0.4, 0.5) is 0 Å². The lowest BCUT2D eigenvalue weighted by Crippen LogP contribution is -2.57. The molecule has 0 aliphatic carbocycles. The predicted octanol–water partition coefficient (Wildman–Crippen LogP) is 7.22. The summed E-state index contributed by atoms with van der Waals surface area (Å²) < 4.78 is 13.4. The smallest absolute Gasteiger partial charge is 0.283 e. The molecule has 2 aromatic carbocycles. The van der Waals surface area contributed by atoms with Gasteiger partial charge in [0.05, 0.1) is 36.1 Å². The largest absolute Gasteiger partial charge is 0.506 e. The van der Waals surface area contributed by atoms with Crippen LogP contribution in [0, 0.1) is 0 Å². The fourth-order valence-electron chi connectivity index (χ4n) is 7.12. The minimum absolute atomic E-state index is 0.0181. The molecule has 6 rings (SSSR count). The first kappa shape index (κ1) is 39.3. The third kappa shape index (κ3) is 9.29. The molecule has 0 radical (unpaired) electrons. The number of hydrogen-bond acceptors (Lipinski definition) is 9. The second-order valence-corrected chi connectivity index (χ2v) is 22.3. The lowest BCUT2D eigenvalue weighted by molar-refractivity contribution is -0.127. The summed E-state index contributed by atoms with van der Waals surface area (Å²) in [7, 11) is -2.16. The molecule has 0 bridgehead atoms. The molecule has 286 valence electrons. The number of pyridine rings is 1. The average Bonchev–Trinajstić information content (AvgIpc) is 3.62. The van der Waals surface area contributed by atoms with Crippen LogP contribution in [0.5, 0.6) is 5.75 Å². The normalized spacial score (nSPS) is 17.5. The summed E-state index contributed by atoms with van der Waals surface area (Å²) in [6.07, 6.45) is 2.44. The Balaban J connectivity index is 1.03. The van der Waals surface area contributed by atoms with Gasteiger partial charge < -0.3 is 29.5 Å². The Hall–Kier alpha value is -3.39. The van der Waals surface area contributed by atoms with Crippen LogP contribution in [-0.4, -0.2) is 90.6 Å². The number of ether oxygens (including phenoxy) is 1. The van der Waals surface area contributed by atoms with Gasteiger partial charge in [-0.05, 0) is 78.7 Å². The Morgan fingerprint density at radius 1 is 1.11 bits per heavy atom. The number of nitrogens with one attached hydrogen (secondary N) is 2. The first-order chi connectivity index (χ1) is 25.1. The van der Waals surface area contributed by atoms with Crippen LogP contribution in [0.3, 0.4) is 0 Å². The molecule has 53 heavy (non-hydrogen) atoms. The molecule has 4 aromatic rings. The monoisotopic (exact) mass is 759 g/mol. The van der Waals surface area contributed by atoms with Gasteiger partial charge in [0.2, 0.25) is 5.56 Å². The molecule has 10 nitrogen and oxygen atoms in total. The highest BCUT2D eigenvalue weighted by Gasteiger charge is 2.42. The number of benzene rings is 2. The van der Waals surface area contributed by atoms with Gasteiger partial charge in [-0.1, -0.05) is 65.0 Å². The summed E-state index contributed by atoms with van der Waals surface area (Å²) in [4.78, 5) is 37.3. The average molecular weight is 760 g/mol. The number of nitrogens with zero attached hydrogens (tertiary/aromatic N) is 3. The van der Waals surface area contributed by atoms with E-state index in [9.17, 15) is 14.7 Å². The van der Waals surface area contributed by atoms with Crippen molar-refractivity contribution < 1.29 is 19.1 Å². The van der Waals surface area contributed by atoms with Gasteiger partial charge >= 0.3 is 0 Å². The zero-order valence-corrected chi connectivity index (χ0v) is 34.3. The molecule has 2 aromatic heterocycles. The summed E-state index contributed by atoms with van der Waals surface area (Å²) >= 11 is 1.45. The first-order valence-electron chi connectivity index (χ1n) is 19.1. The van der Waals surface area contributed by atoms with E-state index < -0.39 is 8.32 Å². The predicted molar refractivity (Wildman–Crippen MR) is 216 cm³/mol. The summed E-state index contributed by atoms with van der Waals surface area (Å²) in [5.74, 6) is 0.395. The van der Waals surface area contributed by atoms with Gasteiger partial charge in [-0.2, -0.15) is 0 Å². The van der Waals surface area contributed by atoms with Crippen LogP contribution in [0.1, 0.15) is 91.7 Å². The highest BCUT2D eigenvalue weighted by Crippen LogP contribution is 2.41. The van der Waals surface area contributed by atoms with E-state index in [0.29, 0.717) is 42.7 Å². The van der Waals surface area contributed by atoms with Crippen LogP contribution >= 0.6 is 11.3 Å². The molecule has 3 N–H and O–H groups in total. The Labute approximate surface area is 319 Å². The quantitative estimate of drug-likeness (QED) is 0.102. The summed E-state index contributed by atoms with van der Waals surface area (Å²) in [5.41, 5.74) is 4.42. The van der Waals surface area contributed by atoms with E-state index in [1.54, 1.807) is 12.1 Å². The van der Waals surface area contributed by atoms with Gasteiger partial charge in [0.1, 0.15) is 5.75 Å². The number of amides is 1. The molecule has 1 spiro atoms. The maximum absolute atomic E-state index is 13.3. The number of carbonyl (C=O) groups is 1. The third-order valence-corrected chi connectivity index (χ3v) is 16.7. The SMILES string of the molecule is CC(C)c1csc(C(=O)N2CCOC3(CCN(Cc4cccc(CCNC[C@H](O[Si](C)(C)C(C)(C)C)c5ccc(O)c6[nH]c(=O)ccc56)c4)CC3)C2)n1. The Bertz CT molecular complexity index is 1940. The van der Waals surface area contributed by atoms with Gasteiger partial charge in [-0.3, -0.25) is 14.5 Å². The van der Waals surface area contributed by atoms with Gasteiger partial charge in [0.15, 0.2) is 13.3 Å². The van der Waals surface area contributed by atoms with E-state index in [2.05, 4.69) is 92.2 Å². The summed E-state index contributed by atoms with van der Waals surface area (Å²) in [6, 6.07) is 15.7. The number of carbonyl (C=O) groups excluding carboxylic acids is 1. The molecule has 1 atom stereocenters. The van der Waals surface area contributed by atoms with Crippen molar-refractivity contribution in [2.45, 2.75) is 96.2 Å². The molecule has 12 heteroatoms. The van der Waals surface area contributed by atoms with Crippen molar-refractivity contribution >= 4 is 36.5 Å². The molecule has 1 amide bonds. The maximum Gasteiger partial charge on any atom is 0.283 e. The number of thiazole rings is 1. The number of aromatic amines is 1. The van der Waals surface area contributed by atoms with Crippen molar-refractivity contribution in [3.05, 3.63) is 91.7 Å². The fraction of sp³-hybridized carbons (Fsp3) is 0.537. The van der Waals surface area contributed by atoms with E-state index in [-0.39, 0.29) is 34.0 Å². The van der Waals surface area contributed by atoms with Crippen molar-refractivity contribution in [1.82, 2.24) is 25.1 Å². The van der Waals surface area contributed by atoms with E-state index in [4.69, 9.17) is 9.16 Å². The van der Waals surface area contributed by atoms with E-state index in [0.717, 1.165) is 62.1 Å². The third-order valence-electron chi connectivity index (χ3n) is 11.4. The van der Waals surface area contributed by atoms with Crippen molar-refractivity contribution in [3.8, 4) is 5.75 Å². The van der Waals surface area contributed by atoms with E-state index in [1.807, 2.05) is 16.3 Å².